The van der Waals surface area contributed by atoms with Gasteiger partial charge in [-0.05, 0) is 37.8 Å². The average Bonchev–Trinajstić information content (AvgIpc) is 3.24. The first-order valence-corrected chi connectivity index (χ1v) is 8.33. The maximum absolute atomic E-state index is 13.0. The number of piperidine rings is 1. The van der Waals surface area contributed by atoms with Crippen LogP contribution in [0.1, 0.15) is 57.2 Å². The molecule has 0 aliphatic carbocycles. The molecule has 124 valence electrons. The van der Waals surface area contributed by atoms with Crippen LogP contribution in [0.3, 0.4) is 0 Å². The number of nitrogens with zero attached hydrogens (tertiary/aromatic N) is 4. The van der Waals surface area contributed by atoms with E-state index in [1.165, 1.54) is 6.33 Å². The molecule has 1 aliphatic rings. The molecule has 23 heavy (non-hydrogen) atoms. The van der Waals surface area contributed by atoms with Gasteiger partial charge in [-0.2, -0.15) is 5.10 Å². The number of hydrogen-bond donors (Lipinski definition) is 0. The largest absolute Gasteiger partial charge is 0.464 e. The van der Waals surface area contributed by atoms with Crippen LogP contribution in [0.2, 0.25) is 0 Å². The second-order valence-corrected chi connectivity index (χ2v) is 6.39. The van der Waals surface area contributed by atoms with E-state index in [4.69, 9.17) is 4.42 Å². The van der Waals surface area contributed by atoms with E-state index in [0.717, 1.165) is 37.3 Å². The first kappa shape index (κ1) is 15.8. The van der Waals surface area contributed by atoms with Crippen LogP contribution in [0.4, 0.5) is 0 Å². The van der Waals surface area contributed by atoms with Crippen LogP contribution in [0.15, 0.2) is 29.2 Å². The van der Waals surface area contributed by atoms with Gasteiger partial charge in [0.15, 0.2) is 0 Å². The fourth-order valence-electron chi connectivity index (χ4n) is 3.21. The summed E-state index contributed by atoms with van der Waals surface area (Å²) in [5, 5.41) is 4.10. The molecule has 6 nitrogen and oxygen atoms in total. The molecule has 1 amide bonds. The van der Waals surface area contributed by atoms with E-state index in [0.29, 0.717) is 5.92 Å². The lowest BCUT2D eigenvalue weighted by atomic mass is 9.90. The van der Waals surface area contributed by atoms with Crippen molar-refractivity contribution in [2.75, 3.05) is 6.54 Å². The number of rotatable bonds is 4. The SMILES string of the molecule is CCc1ccc([C@@H]2C[C@H](C)CCN2C(=O)[C@H](C)n2cncn2)o1. The lowest BCUT2D eigenvalue weighted by Crippen LogP contribution is -2.43. The predicted molar refractivity (Wildman–Crippen MR) is 85.7 cm³/mol. The van der Waals surface area contributed by atoms with Gasteiger partial charge >= 0.3 is 0 Å². The Kier molecular flexibility index (Phi) is 4.50. The van der Waals surface area contributed by atoms with E-state index < -0.39 is 0 Å². The molecular weight excluding hydrogens is 292 g/mol. The Morgan fingerprint density at radius 2 is 2.30 bits per heavy atom. The normalized spacial score (nSPS) is 23.0. The van der Waals surface area contributed by atoms with Crippen molar-refractivity contribution in [1.29, 1.82) is 0 Å². The van der Waals surface area contributed by atoms with E-state index >= 15 is 0 Å². The lowest BCUT2D eigenvalue weighted by Gasteiger charge is -2.38. The molecular formula is C17H24N4O2. The zero-order valence-corrected chi connectivity index (χ0v) is 14.0. The zero-order chi connectivity index (χ0) is 16.4. The molecule has 1 fully saturated rings. The van der Waals surface area contributed by atoms with Crippen LogP contribution in [0.25, 0.3) is 0 Å². The lowest BCUT2D eigenvalue weighted by molar-refractivity contribution is -0.139. The third kappa shape index (κ3) is 3.16. The molecule has 3 heterocycles. The third-order valence-electron chi connectivity index (χ3n) is 4.70. The van der Waals surface area contributed by atoms with E-state index in [1.54, 1.807) is 11.0 Å². The Morgan fingerprint density at radius 3 is 2.96 bits per heavy atom. The summed E-state index contributed by atoms with van der Waals surface area (Å²) in [5.74, 6) is 2.52. The fourth-order valence-corrected chi connectivity index (χ4v) is 3.21. The molecule has 0 bridgehead atoms. The van der Waals surface area contributed by atoms with Gasteiger partial charge < -0.3 is 9.32 Å². The number of furan rings is 1. The number of hydrogen-bond acceptors (Lipinski definition) is 4. The van der Waals surface area contributed by atoms with Crippen LogP contribution in [0.5, 0.6) is 0 Å². The topological polar surface area (TPSA) is 64.2 Å². The molecule has 0 N–H and O–H groups in total. The van der Waals surface area contributed by atoms with Gasteiger partial charge in [0.05, 0.1) is 6.04 Å². The average molecular weight is 316 g/mol. The zero-order valence-electron chi connectivity index (χ0n) is 14.0. The second-order valence-electron chi connectivity index (χ2n) is 6.39. The molecule has 1 aliphatic heterocycles. The molecule has 6 heteroatoms. The van der Waals surface area contributed by atoms with Crippen LogP contribution >= 0.6 is 0 Å². The summed E-state index contributed by atoms with van der Waals surface area (Å²) in [7, 11) is 0. The van der Waals surface area contributed by atoms with Crippen molar-refractivity contribution < 1.29 is 9.21 Å². The predicted octanol–water partition coefficient (Wildman–Crippen LogP) is 2.99. The molecule has 3 rings (SSSR count). The summed E-state index contributed by atoms with van der Waals surface area (Å²) in [6.07, 6.45) is 5.87. The Balaban J connectivity index is 1.84. The van der Waals surface area contributed by atoms with Gasteiger partial charge in [-0.15, -0.1) is 0 Å². The Bertz CT molecular complexity index is 649. The summed E-state index contributed by atoms with van der Waals surface area (Å²) in [6.45, 7) is 6.93. The summed E-state index contributed by atoms with van der Waals surface area (Å²) < 4.78 is 7.55. The monoisotopic (exact) mass is 316 g/mol. The van der Waals surface area contributed by atoms with Crippen molar-refractivity contribution in [3.05, 3.63) is 36.3 Å². The summed E-state index contributed by atoms with van der Waals surface area (Å²) in [5.41, 5.74) is 0. The minimum atomic E-state index is -0.353. The first-order chi connectivity index (χ1) is 11.1. The highest BCUT2D eigenvalue weighted by molar-refractivity contribution is 5.80. The van der Waals surface area contributed by atoms with Crippen LogP contribution < -0.4 is 0 Å². The van der Waals surface area contributed by atoms with E-state index in [9.17, 15) is 4.79 Å². The maximum atomic E-state index is 13.0. The molecule has 3 atom stereocenters. The van der Waals surface area contributed by atoms with E-state index in [-0.39, 0.29) is 18.0 Å². The Morgan fingerprint density at radius 1 is 1.48 bits per heavy atom. The van der Waals surface area contributed by atoms with Gasteiger partial charge in [-0.25, -0.2) is 9.67 Å². The minimum Gasteiger partial charge on any atom is -0.464 e. The highest BCUT2D eigenvalue weighted by Gasteiger charge is 2.35. The smallest absolute Gasteiger partial charge is 0.247 e. The number of aromatic nitrogens is 3. The highest BCUT2D eigenvalue weighted by Crippen LogP contribution is 2.36. The molecule has 2 aromatic heterocycles. The second kappa shape index (κ2) is 6.56. The summed E-state index contributed by atoms with van der Waals surface area (Å²) in [6, 6.07) is 3.69. The van der Waals surface area contributed by atoms with Crippen LogP contribution in [-0.4, -0.2) is 32.1 Å². The van der Waals surface area contributed by atoms with Crippen molar-refractivity contribution in [3.63, 3.8) is 0 Å². The Labute approximate surface area is 136 Å². The van der Waals surface area contributed by atoms with Crippen molar-refractivity contribution in [2.24, 2.45) is 5.92 Å². The van der Waals surface area contributed by atoms with Crippen molar-refractivity contribution in [3.8, 4) is 0 Å². The first-order valence-electron chi connectivity index (χ1n) is 8.33. The van der Waals surface area contributed by atoms with Crippen LogP contribution in [0, 0.1) is 5.92 Å². The standard InChI is InChI=1S/C17H24N4O2/c1-4-14-5-6-16(23-14)15-9-12(2)7-8-20(15)17(22)13(3)21-11-18-10-19-21/h5-6,10-13,15H,4,7-9H2,1-3H3/t12-,13+,15+/m1/s1. The number of aryl methyl sites for hydroxylation is 1. The minimum absolute atomic E-state index is 0.0116. The molecule has 1 saturated heterocycles. The number of carbonyl (C=O) groups is 1. The van der Waals surface area contributed by atoms with Gasteiger partial charge in [0.2, 0.25) is 5.91 Å². The van der Waals surface area contributed by atoms with Crippen molar-refractivity contribution in [1.82, 2.24) is 19.7 Å². The molecule has 0 radical (unpaired) electrons. The highest BCUT2D eigenvalue weighted by atomic mass is 16.3. The van der Waals surface area contributed by atoms with Crippen LogP contribution in [-0.2, 0) is 11.2 Å². The number of likely N-dealkylation sites (tertiary alicyclic amines) is 1. The summed E-state index contributed by atoms with van der Waals surface area (Å²) in [4.78, 5) is 18.8. The number of carbonyl (C=O) groups excluding carboxylic acids is 1. The summed E-state index contributed by atoms with van der Waals surface area (Å²) >= 11 is 0. The van der Waals surface area contributed by atoms with E-state index in [2.05, 4.69) is 23.9 Å². The van der Waals surface area contributed by atoms with E-state index in [1.807, 2.05) is 24.0 Å². The van der Waals surface area contributed by atoms with Crippen molar-refractivity contribution >= 4 is 5.91 Å². The van der Waals surface area contributed by atoms with Gasteiger partial charge in [-0.3, -0.25) is 4.79 Å². The fraction of sp³-hybridized carbons (Fsp3) is 0.588. The Hall–Kier alpha value is -2.11. The molecule has 0 aromatic carbocycles. The maximum Gasteiger partial charge on any atom is 0.247 e. The van der Waals surface area contributed by atoms with Crippen molar-refractivity contribution in [2.45, 2.75) is 52.1 Å². The van der Waals surface area contributed by atoms with Gasteiger partial charge in [0.1, 0.15) is 30.2 Å². The third-order valence-corrected chi connectivity index (χ3v) is 4.70. The number of amides is 1. The quantitative estimate of drug-likeness (QED) is 0.870. The molecule has 2 aromatic rings. The van der Waals surface area contributed by atoms with Gasteiger partial charge in [0, 0.05) is 13.0 Å². The molecule has 0 saturated carbocycles. The van der Waals surface area contributed by atoms with Gasteiger partial charge in [-0.1, -0.05) is 13.8 Å². The molecule has 0 unspecified atom stereocenters. The van der Waals surface area contributed by atoms with Gasteiger partial charge in [0.25, 0.3) is 0 Å². The molecule has 0 spiro atoms.